The summed E-state index contributed by atoms with van der Waals surface area (Å²) in [7, 11) is 0. The van der Waals surface area contributed by atoms with Crippen LogP contribution in [0.15, 0.2) is 6.07 Å². The molecule has 1 aromatic heterocycles. The van der Waals surface area contributed by atoms with E-state index in [2.05, 4.69) is 20.9 Å². The fourth-order valence-corrected chi connectivity index (χ4v) is 1.59. The van der Waals surface area contributed by atoms with E-state index in [9.17, 15) is 13.9 Å². The molecule has 0 saturated heterocycles. The molecule has 0 saturated carbocycles. The first kappa shape index (κ1) is 11.9. The molecular formula is C9H7BrF2N2O. The highest BCUT2D eigenvalue weighted by atomic mass is 79.9. The number of pyridine rings is 1. The van der Waals surface area contributed by atoms with Crippen molar-refractivity contribution in [2.24, 2.45) is 0 Å². The van der Waals surface area contributed by atoms with Gasteiger partial charge in [0.25, 0.3) is 6.43 Å². The fraction of sp³-hybridized carbons (Fsp3) is 0.333. The molecule has 1 rings (SSSR count). The first-order valence-electron chi connectivity index (χ1n) is 4.02. The van der Waals surface area contributed by atoms with Crippen molar-refractivity contribution in [3.63, 3.8) is 0 Å². The van der Waals surface area contributed by atoms with E-state index in [1.165, 1.54) is 6.07 Å². The predicted octanol–water partition coefficient (Wildman–Crippen LogP) is 2.69. The van der Waals surface area contributed by atoms with E-state index in [4.69, 9.17) is 5.26 Å². The minimum absolute atomic E-state index is 0.0546. The van der Waals surface area contributed by atoms with E-state index >= 15 is 0 Å². The van der Waals surface area contributed by atoms with Crippen LogP contribution in [0.2, 0.25) is 0 Å². The lowest BCUT2D eigenvalue weighted by Crippen LogP contribution is -2.00. The molecule has 80 valence electrons. The van der Waals surface area contributed by atoms with Crippen molar-refractivity contribution in [3.05, 3.63) is 23.0 Å². The lowest BCUT2D eigenvalue weighted by atomic mass is 10.1. The summed E-state index contributed by atoms with van der Waals surface area (Å²) in [6.45, 7) is 0. The smallest absolute Gasteiger partial charge is 0.284 e. The number of nitriles is 1. The number of rotatable bonds is 3. The van der Waals surface area contributed by atoms with Gasteiger partial charge >= 0.3 is 0 Å². The van der Waals surface area contributed by atoms with Gasteiger partial charge in [-0.1, -0.05) is 15.9 Å². The van der Waals surface area contributed by atoms with E-state index in [1.807, 2.05) is 6.07 Å². The van der Waals surface area contributed by atoms with Gasteiger partial charge in [0.2, 0.25) is 0 Å². The zero-order valence-electron chi connectivity index (χ0n) is 7.54. The average molecular weight is 277 g/mol. The molecular weight excluding hydrogens is 270 g/mol. The number of alkyl halides is 3. The Balaban J connectivity index is 3.25. The Bertz CT molecular complexity index is 404. The summed E-state index contributed by atoms with van der Waals surface area (Å²) in [5, 5.41) is 18.1. The SMILES string of the molecule is N#CCc1nc(C(F)F)c(O)cc1CBr. The van der Waals surface area contributed by atoms with Gasteiger partial charge in [0.1, 0.15) is 11.4 Å². The highest BCUT2D eigenvalue weighted by molar-refractivity contribution is 9.08. The maximum absolute atomic E-state index is 12.4. The largest absolute Gasteiger partial charge is 0.506 e. The molecule has 1 heterocycles. The summed E-state index contributed by atoms with van der Waals surface area (Å²) in [5.74, 6) is -0.541. The van der Waals surface area contributed by atoms with Crippen LogP contribution in [0.25, 0.3) is 0 Å². The van der Waals surface area contributed by atoms with Crippen LogP contribution in [0, 0.1) is 11.3 Å². The van der Waals surface area contributed by atoms with Gasteiger partial charge in [-0.2, -0.15) is 5.26 Å². The summed E-state index contributed by atoms with van der Waals surface area (Å²) in [4.78, 5) is 3.58. The highest BCUT2D eigenvalue weighted by Gasteiger charge is 2.17. The standard InChI is InChI=1S/C9H7BrF2N2O/c10-4-5-3-7(15)8(9(11)12)14-6(5)1-2-13/h3,9,15H,1,4H2. The molecule has 3 nitrogen and oxygen atoms in total. The third kappa shape index (κ3) is 2.63. The van der Waals surface area contributed by atoms with Crippen molar-refractivity contribution in [2.75, 3.05) is 0 Å². The van der Waals surface area contributed by atoms with Crippen LogP contribution in [0.5, 0.6) is 5.75 Å². The third-order valence-corrected chi connectivity index (χ3v) is 2.40. The fourth-order valence-electron chi connectivity index (χ4n) is 1.10. The number of hydrogen-bond acceptors (Lipinski definition) is 3. The van der Waals surface area contributed by atoms with Gasteiger partial charge in [-0.15, -0.1) is 0 Å². The number of aromatic nitrogens is 1. The van der Waals surface area contributed by atoms with Crippen LogP contribution < -0.4 is 0 Å². The molecule has 0 amide bonds. The van der Waals surface area contributed by atoms with Crippen molar-refractivity contribution in [3.8, 4) is 11.8 Å². The molecule has 0 atom stereocenters. The van der Waals surface area contributed by atoms with Crippen molar-refractivity contribution in [1.82, 2.24) is 4.98 Å². The van der Waals surface area contributed by atoms with Gasteiger partial charge in [-0.3, -0.25) is 0 Å². The molecule has 0 aliphatic heterocycles. The van der Waals surface area contributed by atoms with Gasteiger partial charge in [0.15, 0.2) is 0 Å². The van der Waals surface area contributed by atoms with Crippen molar-refractivity contribution in [2.45, 2.75) is 18.2 Å². The topological polar surface area (TPSA) is 56.9 Å². The minimum atomic E-state index is -2.84. The van der Waals surface area contributed by atoms with Gasteiger partial charge in [0.05, 0.1) is 18.2 Å². The van der Waals surface area contributed by atoms with E-state index in [0.717, 1.165) is 0 Å². The summed E-state index contributed by atoms with van der Waals surface area (Å²) < 4.78 is 24.7. The van der Waals surface area contributed by atoms with E-state index in [1.54, 1.807) is 0 Å². The van der Waals surface area contributed by atoms with Gasteiger partial charge < -0.3 is 5.11 Å². The normalized spacial score (nSPS) is 10.3. The molecule has 0 bridgehead atoms. The Morgan fingerprint density at radius 3 is 2.73 bits per heavy atom. The van der Waals surface area contributed by atoms with Gasteiger partial charge in [-0.05, 0) is 11.6 Å². The van der Waals surface area contributed by atoms with Crippen LogP contribution in [-0.4, -0.2) is 10.1 Å². The number of halogens is 3. The maximum Gasteiger partial charge on any atom is 0.284 e. The van der Waals surface area contributed by atoms with Gasteiger partial charge in [0, 0.05) is 5.33 Å². The molecule has 0 radical (unpaired) electrons. The molecule has 15 heavy (non-hydrogen) atoms. The summed E-state index contributed by atoms with van der Waals surface area (Å²) in [6, 6.07) is 3.04. The van der Waals surface area contributed by atoms with Crippen molar-refractivity contribution in [1.29, 1.82) is 5.26 Å². The van der Waals surface area contributed by atoms with Gasteiger partial charge in [-0.25, -0.2) is 13.8 Å². The second-order valence-electron chi connectivity index (χ2n) is 2.77. The first-order chi connectivity index (χ1) is 7.10. The lowest BCUT2D eigenvalue weighted by molar-refractivity contribution is 0.141. The third-order valence-electron chi connectivity index (χ3n) is 1.80. The summed E-state index contributed by atoms with van der Waals surface area (Å²) >= 11 is 3.13. The molecule has 1 aromatic rings. The average Bonchev–Trinajstić information content (AvgIpc) is 2.20. The number of hydrogen-bond donors (Lipinski definition) is 1. The van der Waals surface area contributed by atoms with Crippen LogP contribution in [0.4, 0.5) is 8.78 Å². The van der Waals surface area contributed by atoms with Crippen LogP contribution >= 0.6 is 15.9 Å². The Morgan fingerprint density at radius 2 is 2.27 bits per heavy atom. The van der Waals surface area contributed by atoms with Crippen molar-refractivity contribution < 1.29 is 13.9 Å². The molecule has 0 fully saturated rings. The Kier molecular flexibility index (Phi) is 3.97. The molecule has 0 aromatic carbocycles. The summed E-state index contributed by atoms with van der Waals surface area (Å²) in [6.07, 6.45) is -2.90. The minimum Gasteiger partial charge on any atom is -0.506 e. The molecule has 0 spiro atoms. The second kappa shape index (κ2) is 5.03. The van der Waals surface area contributed by atoms with Crippen LogP contribution in [0.3, 0.4) is 0 Å². The van der Waals surface area contributed by atoms with E-state index in [-0.39, 0.29) is 12.1 Å². The zero-order chi connectivity index (χ0) is 11.4. The monoisotopic (exact) mass is 276 g/mol. The molecule has 0 unspecified atom stereocenters. The Labute approximate surface area is 93.5 Å². The molecule has 0 aliphatic rings. The first-order valence-corrected chi connectivity index (χ1v) is 5.15. The number of nitrogens with zero attached hydrogens (tertiary/aromatic N) is 2. The van der Waals surface area contributed by atoms with Crippen molar-refractivity contribution >= 4 is 15.9 Å². The molecule has 1 N–H and O–H groups in total. The highest BCUT2D eigenvalue weighted by Crippen LogP contribution is 2.29. The maximum atomic E-state index is 12.4. The van der Waals surface area contributed by atoms with Crippen LogP contribution in [-0.2, 0) is 11.8 Å². The lowest BCUT2D eigenvalue weighted by Gasteiger charge is -2.08. The Morgan fingerprint density at radius 1 is 1.60 bits per heavy atom. The van der Waals surface area contributed by atoms with E-state index in [0.29, 0.717) is 10.9 Å². The molecule has 0 aliphatic carbocycles. The van der Waals surface area contributed by atoms with E-state index < -0.39 is 17.9 Å². The molecule has 6 heteroatoms. The Hall–Kier alpha value is -1.22. The second-order valence-corrected chi connectivity index (χ2v) is 3.33. The van der Waals surface area contributed by atoms with Crippen LogP contribution in [0.1, 0.15) is 23.4 Å². The zero-order valence-corrected chi connectivity index (χ0v) is 9.13. The quantitative estimate of drug-likeness (QED) is 0.864. The predicted molar refractivity (Wildman–Crippen MR) is 52.8 cm³/mol. The number of aromatic hydroxyl groups is 1. The summed E-state index contributed by atoms with van der Waals surface area (Å²) in [5.41, 5.74) is 0.130.